The second-order valence-corrected chi connectivity index (χ2v) is 6.60. The van der Waals surface area contributed by atoms with Crippen LogP contribution in [0.3, 0.4) is 0 Å². The summed E-state index contributed by atoms with van der Waals surface area (Å²) >= 11 is 0. The van der Waals surface area contributed by atoms with Crippen LogP contribution >= 0.6 is 0 Å². The number of carbonyl (C=O) groups is 3. The zero-order valence-corrected chi connectivity index (χ0v) is 14.1. The van der Waals surface area contributed by atoms with E-state index >= 15 is 0 Å². The van der Waals surface area contributed by atoms with Crippen molar-refractivity contribution in [1.29, 1.82) is 0 Å². The maximum absolute atomic E-state index is 12.6. The van der Waals surface area contributed by atoms with Crippen molar-refractivity contribution in [2.45, 2.75) is 24.8 Å². The molecule has 2 aromatic rings. The quantitative estimate of drug-likeness (QED) is 0.758. The second-order valence-electron chi connectivity index (χ2n) is 6.60. The molecular formula is C18H19N5O3. The fourth-order valence-corrected chi connectivity index (χ4v) is 3.53. The maximum atomic E-state index is 12.6. The molecule has 3 N–H and O–H groups in total. The summed E-state index contributed by atoms with van der Waals surface area (Å²) in [7, 11) is 0. The van der Waals surface area contributed by atoms with Crippen LogP contribution in [0.2, 0.25) is 0 Å². The van der Waals surface area contributed by atoms with E-state index in [1.165, 1.54) is 12.5 Å². The molecule has 0 spiro atoms. The van der Waals surface area contributed by atoms with Gasteiger partial charge in [0.15, 0.2) is 0 Å². The number of imidazole rings is 1. The number of para-hydroxylation sites is 1. The van der Waals surface area contributed by atoms with E-state index in [2.05, 4.69) is 20.6 Å². The van der Waals surface area contributed by atoms with Gasteiger partial charge in [-0.3, -0.25) is 14.4 Å². The molecule has 1 saturated heterocycles. The van der Waals surface area contributed by atoms with Gasteiger partial charge in [0.1, 0.15) is 5.69 Å². The van der Waals surface area contributed by atoms with E-state index in [9.17, 15) is 14.4 Å². The highest BCUT2D eigenvalue weighted by Crippen LogP contribution is 2.34. The first-order chi connectivity index (χ1) is 12.6. The first-order valence-electron chi connectivity index (χ1n) is 8.58. The summed E-state index contributed by atoms with van der Waals surface area (Å²) < 4.78 is 0. The standard InChI is InChI=1S/C18H19N5O3/c24-16(7-13-12-3-1-2-4-14(12)22-17(13)25)23-6-5-11(9-23)21-18(26)15-8-19-10-20-15/h1-4,8,10-11,13H,5-7,9H2,(H,19,20)(H,21,26)(H,22,25)/t11-,13?/m1/s1. The fraction of sp³-hybridized carbons (Fsp3) is 0.333. The molecule has 0 radical (unpaired) electrons. The SMILES string of the molecule is O=C(N[C@@H]1CCN(C(=O)CC2C(=O)Nc3ccccc32)C1)c1cnc[nH]1. The number of anilines is 1. The molecule has 1 aromatic heterocycles. The molecule has 3 amide bonds. The van der Waals surface area contributed by atoms with Crippen LogP contribution in [0.5, 0.6) is 0 Å². The molecule has 2 aliphatic rings. The average Bonchev–Trinajstić information content (AvgIpc) is 3.36. The third-order valence-electron chi connectivity index (χ3n) is 4.91. The first kappa shape index (κ1) is 16.3. The van der Waals surface area contributed by atoms with Crippen LogP contribution in [0.25, 0.3) is 0 Å². The van der Waals surface area contributed by atoms with Gasteiger partial charge in [-0.25, -0.2) is 4.98 Å². The number of benzene rings is 1. The molecule has 3 heterocycles. The zero-order chi connectivity index (χ0) is 18.1. The number of aromatic amines is 1. The largest absolute Gasteiger partial charge is 0.346 e. The van der Waals surface area contributed by atoms with E-state index in [0.717, 1.165) is 11.3 Å². The molecule has 0 bridgehead atoms. The van der Waals surface area contributed by atoms with Gasteiger partial charge >= 0.3 is 0 Å². The minimum Gasteiger partial charge on any atom is -0.346 e. The van der Waals surface area contributed by atoms with Crippen LogP contribution in [0.4, 0.5) is 5.69 Å². The Kier molecular flexibility index (Phi) is 4.16. The lowest BCUT2D eigenvalue weighted by atomic mass is 9.97. The van der Waals surface area contributed by atoms with Crippen LogP contribution < -0.4 is 10.6 Å². The van der Waals surface area contributed by atoms with Gasteiger partial charge in [-0.15, -0.1) is 0 Å². The van der Waals surface area contributed by atoms with Crippen molar-refractivity contribution in [2.75, 3.05) is 18.4 Å². The first-order valence-corrected chi connectivity index (χ1v) is 8.58. The van der Waals surface area contributed by atoms with E-state index in [4.69, 9.17) is 0 Å². The predicted molar refractivity (Wildman–Crippen MR) is 93.5 cm³/mol. The lowest BCUT2D eigenvalue weighted by molar-refractivity contribution is -0.132. The molecule has 134 valence electrons. The van der Waals surface area contributed by atoms with E-state index < -0.39 is 5.92 Å². The number of hydrogen-bond donors (Lipinski definition) is 3. The van der Waals surface area contributed by atoms with E-state index in [1.807, 2.05) is 24.3 Å². The molecule has 1 unspecified atom stereocenters. The van der Waals surface area contributed by atoms with Gasteiger partial charge in [0.25, 0.3) is 5.91 Å². The van der Waals surface area contributed by atoms with Crippen molar-refractivity contribution in [3.05, 3.63) is 48.0 Å². The minimum absolute atomic E-state index is 0.0693. The van der Waals surface area contributed by atoms with Gasteiger partial charge in [0, 0.05) is 31.2 Å². The number of nitrogens with one attached hydrogen (secondary N) is 3. The number of H-pyrrole nitrogens is 1. The molecule has 0 saturated carbocycles. The molecule has 2 aliphatic heterocycles. The molecule has 8 heteroatoms. The summed E-state index contributed by atoms with van der Waals surface area (Å²) in [5.74, 6) is -0.883. The fourth-order valence-electron chi connectivity index (χ4n) is 3.53. The summed E-state index contributed by atoms with van der Waals surface area (Å²) in [6.07, 6.45) is 3.75. The smallest absolute Gasteiger partial charge is 0.269 e. The highest BCUT2D eigenvalue weighted by molar-refractivity contribution is 6.04. The van der Waals surface area contributed by atoms with Gasteiger partial charge in [0.05, 0.1) is 18.4 Å². The normalized spacial score (nSPS) is 21.4. The summed E-state index contributed by atoms with van der Waals surface area (Å²) in [4.78, 5) is 45.2. The third kappa shape index (κ3) is 3.05. The maximum Gasteiger partial charge on any atom is 0.269 e. The van der Waals surface area contributed by atoms with Crippen molar-refractivity contribution in [3.63, 3.8) is 0 Å². The molecule has 2 atom stereocenters. The third-order valence-corrected chi connectivity index (χ3v) is 4.91. The van der Waals surface area contributed by atoms with Gasteiger partial charge < -0.3 is 20.5 Å². The molecular weight excluding hydrogens is 334 g/mol. The van der Waals surface area contributed by atoms with E-state index in [1.54, 1.807) is 4.90 Å². The molecule has 0 aliphatic carbocycles. The number of rotatable bonds is 4. The highest BCUT2D eigenvalue weighted by atomic mass is 16.2. The highest BCUT2D eigenvalue weighted by Gasteiger charge is 2.35. The van der Waals surface area contributed by atoms with Crippen molar-refractivity contribution < 1.29 is 14.4 Å². The van der Waals surface area contributed by atoms with Gasteiger partial charge in [0.2, 0.25) is 11.8 Å². The Bertz CT molecular complexity index is 848. The summed E-state index contributed by atoms with van der Waals surface area (Å²) in [5, 5.41) is 5.72. The number of hydrogen-bond acceptors (Lipinski definition) is 4. The van der Waals surface area contributed by atoms with Crippen LogP contribution in [0, 0.1) is 0 Å². The van der Waals surface area contributed by atoms with E-state index in [-0.39, 0.29) is 30.2 Å². The number of carbonyl (C=O) groups excluding carboxylic acids is 3. The Morgan fingerprint density at radius 1 is 1.31 bits per heavy atom. The van der Waals surface area contributed by atoms with Gasteiger partial charge in [-0.05, 0) is 18.1 Å². The van der Waals surface area contributed by atoms with E-state index in [0.29, 0.717) is 25.2 Å². The summed E-state index contributed by atoms with van der Waals surface area (Å²) in [6, 6.07) is 7.35. The second kappa shape index (κ2) is 6.62. The van der Waals surface area contributed by atoms with Gasteiger partial charge in [-0.1, -0.05) is 18.2 Å². The van der Waals surface area contributed by atoms with Crippen LogP contribution in [0.15, 0.2) is 36.8 Å². The number of amides is 3. The van der Waals surface area contributed by atoms with Crippen molar-refractivity contribution in [1.82, 2.24) is 20.2 Å². The van der Waals surface area contributed by atoms with Crippen LogP contribution in [0.1, 0.15) is 34.8 Å². The number of aromatic nitrogens is 2. The number of likely N-dealkylation sites (tertiary alicyclic amines) is 1. The Labute approximate surface area is 150 Å². The Morgan fingerprint density at radius 3 is 2.96 bits per heavy atom. The molecule has 26 heavy (non-hydrogen) atoms. The van der Waals surface area contributed by atoms with Crippen molar-refractivity contribution in [2.24, 2.45) is 0 Å². The Morgan fingerprint density at radius 2 is 2.15 bits per heavy atom. The monoisotopic (exact) mass is 353 g/mol. The number of nitrogens with zero attached hydrogens (tertiary/aromatic N) is 2. The molecule has 1 aromatic carbocycles. The van der Waals surface area contributed by atoms with Crippen LogP contribution in [-0.4, -0.2) is 51.7 Å². The minimum atomic E-state index is -0.447. The molecule has 4 rings (SSSR count). The van der Waals surface area contributed by atoms with Crippen LogP contribution in [-0.2, 0) is 9.59 Å². The van der Waals surface area contributed by atoms with Crippen molar-refractivity contribution in [3.8, 4) is 0 Å². The Hall–Kier alpha value is -3.16. The lowest BCUT2D eigenvalue weighted by Crippen LogP contribution is -2.39. The zero-order valence-electron chi connectivity index (χ0n) is 14.1. The molecule has 8 nitrogen and oxygen atoms in total. The average molecular weight is 353 g/mol. The topological polar surface area (TPSA) is 107 Å². The number of fused-ring (bicyclic) bond motifs is 1. The lowest BCUT2D eigenvalue weighted by Gasteiger charge is -2.18. The Balaban J connectivity index is 1.35. The summed E-state index contributed by atoms with van der Waals surface area (Å²) in [6.45, 7) is 1.03. The molecule has 1 fully saturated rings. The van der Waals surface area contributed by atoms with Gasteiger partial charge in [-0.2, -0.15) is 0 Å². The summed E-state index contributed by atoms with van der Waals surface area (Å²) in [5.41, 5.74) is 2.05. The predicted octanol–water partition coefficient (Wildman–Crippen LogP) is 0.866. The van der Waals surface area contributed by atoms with Crippen molar-refractivity contribution >= 4 is 23.4 Å².